The molecule has 2 aliphatic rings. The van der Waals surface area contributed by atoms with Crippen molar-refractivity contribution in [3.63, 3.8) is 0 Å². The van der Waals surface area contributed by atoms with Gasteiger partial charge in [0.05, 0.1) is 0 Å². The molecule has 2 heterocycles. The molecule has 3 rings (SSSR count). The maximum Gasteiger partial charge on any atom is 0.259 e. The smallest absolute Gasteiger partial charge is 0.259 e. The zero-order chi connectivity index (χ0) is 15.0. The SMILES string of the molecule is O=C(c1c(F)cc(F)cc1F)N1CC(N2CCNCC2)C1. The van der Waals surface area contributed by atoms with Crippen LogP contribution in [0.5, 0.6) is 0 Å². The van der Waals surface area contributed by atoms with Gasteiger partial charge in [-0.25, -0.2) is 13.2 Å². The Labute approximate surface area is 120 Å². The average molecular weight is 299 g/mol. The van der Waals surface area contributed by atoms with E-state index in [9.17, 15) is 18.0 Å². The van der Waals surface area contributed by atoms with Crippen molar-refractivity contribution < 1.29 is 18.0 Å². The lowest BCUT2D eigenvalue weighted by Gasteiger charge is -2.46. The maximum absolute atomic E-state index is 13.6. The van der Waals surface area contributed by atoms with Gasteiger partial charge in [-0.05, 0) is 0 Å². The summed E-state index contributed by atoms with van der Waals surface area (Å²) in [5.41, 5.74) is -0.671. The molecule has 2 saturated heterocycles. The summed E-state index contributed by atoms with van der Waals surface area (Å²) in [6, 6.07) is 1.30. The number of carbonyl (C=O) groups is 1. The molecular formula is C14H16F3N3O. The summed E-state index contributed by atoms with van der Waals surface area (Å²) in [4.78, 5) is 15.8. The van der Waals surface area contributed by atoms with Gasteiger partial charge >= 0.3 is 0 Å². The summed E-state index contributed by atoms with van der Waals surface area (Å²) in [5.74, 6) is -4.04. The van der Waals surface area contributed by atoms with Crippen molar-refractivity contribution in [2.24, 2.45) is 0 Å². The molecule has 2 fully saturated rings. The van der Waals surface area contributed by atoms with Crippen molar-refractivity contribution >= 4 is 5.91 Å². The standard InChI is InChI=1S/C14H16F3N3O/c15-9-5-11(16)13(12(17)6-9)14(21)20-7-10(8-20)19-3-1-18-2-4-19/h5-6,10,18H,1-4,7-8H2. The first-order valence-electron chi connectivity index (χ1n) is 6.95. The Kier molecular flexibility index (Phi) is 3.86. The minimum Gasteiger partial charge on any atom is -0.335 e. The van der Waals surface area contributed by atoms with Crippen molar-refractivity contribution in [1.82, 2.24) is 15.1 Å². The second-order valence-electron chi connectivity index (χ2n) is 5.39. The molecule has 0 saturated carbocycles. The first-order valence-corrected chi connectivity index (χ1v) is 6.95. The van der Waals surface area contributed by atoms with Crippen LogP contribution >= 0.6 is 0 Å². The van der Waals surface area contributed by atoms with E-state index in [0.717, 1.165) is 26.2 Å². The molecule has 0 aliphatic carbocycles. The molecule has 0 radical (unpaired) electrons. The summed E-state index contributed by atoms with van der Waals surface area (Å²) >= 11 is 0. The summed E-state index contributed by atoms with van der Waals surface area (Å²) in [6.07, 6.45) is 0. The highest BCUT2D eigenvalue weighted by Gasteiger charge is 2.37. The van der Waals surface area contributed by atoms with E-state index in [2.05, 4.69) is 10.2 Å². The summed E-state index contributed by atoms with van der Waals surface area (Å²) < 4.78 is 40.0. The Morgan fingerprint density at radius 3 is 2.24 bits per heavy atom. The Morgan fingerprint density at radius 2 is 1.67 bits per heavy atom. The topological polar surface area (TPSA) is 35.6 Å². The number of amides is 1. The van der Waals surface area contributed by atoms with E-state index in [1.165, 1.54) is 4.90 Å². The Hall–Kier alpha value is -1.60. The van der Waals surface area contributed by atoms with Gasteiger partial charge in [0, 0.05) is 57.4 Å². The van der Waals surface area contributed by atoms with Crippen molar-refractivity contribution in [1.29, 1.82) is 0 Å². The average Bonchev–Trinajstić information content (AvgIpc) is 2.37. The first kappa shape index (κ1) is 14.3. The zero-order valence-corrected chi connectivity index (χ0v) is 11.4. The van der Waals surface area contributed by atoms with Gasteiger partial charge < -0.3 is 10.2 Å². The lowest BCUT2D eigenvalue weighted by Crippen LogP contribution is -2.64. The fraction of sp³-hybridized carbons (Fsp3) is 0.500. The third-order valence-electron chi connectivity index (χ3n) is 4.04. The summed E-state index contributed by atoms with van der Waals surface area (Å²) in [6.45, 7) is 4.54. The van der Waals surface area contributed by atoms with Crippen molar-refractivity contribution in [2.75, 3.05) is 39.3 Å². The molecule has 0 aromatic heterocycles. The van der Waals surface area contributed by atoms with Crippen LogP contribution in [0.15, 0.2) is 12.1 Å². The highest BCUT2D eigenvalue weighted by molar-refractivity contribution is 5.95. The third kappa shape index (κ3) is 2.75. The van der Waals surface area contributed by atoms with Crippen LogP contribution in [-0.2, 0) is 0 Å². The van der Waals surface area contributed by atoms with E-state index in [0.29, 0.717) is 25.2 Å². The normalized spacial score (nSPS) is 20.4. The molecular weight excluding hydrogens is 283 g/mol. The molecule has 1 aromatic carbocycles. The zero-order valence-electron chi connectivity index (χ0n) is 11.4. The predicted molar refractivity (Wildman–Crippen MR) is 70.5 cm³/mol. The number of benzene rings is 1. The number of nitrogens with one attached hydrogen (secondary N) is 1. The monoisotopic (exact) mass is 299 g/mol. The van der Waals surface area contributed by atoms with Gasteiger partial charge in [0.2, 0.25) is 0 Å². The number of piperazine rings is 1. The predicted octanol–water partition coefficient (Wildman–Crippen LogP) is 0.833. The van der Waals surface area contributed by atoms with Crippen molar-refractivity contribution in [2.45, 2.75) is 6.04 Å². The van der Waals surface area contributed by atoms with Crippen LogP contribution in [0.1, 0.15) is 10.4 Å². The van der Waals surface area contributed by atoms with Crippen LogP contribution in [-0.4, -0.2) is 61.0 Å². The fourth-order valence-electron chi connectivity index (χ4n) is 2.80. The van der Waals surface area contributed by atoms with Gasteiger partial charge in [-0.15, -0.1) is 0 Å². The molecule has 0 atom stereocenters. The number of likely N-dealkylation sites (tertiary alicyclic amines) is 1. The molecule has 2 aliphatic heterocycles. The van der Waals surface area contributed by atoms with E-state index in [1.54, 1.807) is 0 Å². The highest BCUT2D eigenvalue weighted by Crippen LogP contribution is 2.22. The van der Waals surface area contributed by atoms with Gasteiger partial charge in [-0.2, -0.15) is 0 Å². The fourth-order valence-corrected chi connectivity index (χ4v) is 2.80. The van der Waals surface area contributed by atoms with Crippen LogP contribution < -0.4 is 5.32 Å². The number of hydrogen-bond acceptors (Lipinski definition) is 3. The third-order valence-corrected chi connectivity index (χ3v) is 4.04. The van der Waals surface area contributed by atoms with Crippen molar-refractivity contribution in [3.05, 3.63) is 35.1 Å². The number of carbonyl (C=O) groups excluding carboxylic acids is 1. The number of hydrogen-bond donors (Lipinski definition) is 1. The van der Waals surface area contributed by atoms with Crippen LogP contribution in [0.4, 0.5) is 13.2 Å². The Balaban J connectivity index is 1.65. The van der Waals surface area contributed by atoms with E-state index >= 15 is 0 Å². The van der Waals surface area contributed by atoms with Gasteiger partial charge in [-0.1, -0.05) is 0 Å². The van der Waals surface area contributed by atoms with Crippen molar-refractivity contribution in [3.8, 4) is 0 Å². The minimum absolute atomic E-state index is 0.239. The molecule has 0 spiro atoms. The van der Waals surface area contributed by atoms with Crippen LogP contribution in [0, 0.1) is 17.5 Å². The molecule has 4 nitrogen and oxygen atoms in total. The molecule has 0 unspecified atom stereocenters. The summed E-state index contributed by atoms with van der Waals surface area (Å²) in [7, 11) is 0. The van der Waals surface area contributed by atoms with Gasteiger partial charge in [0.15, 0.2) is 0 Å². The van der Waals surface area contributed by atoms with E-state index in [1.807, 2.05) is 0 Å². The lowest BCUT2D eigenvalue weighted by molar-refractivity contribution is 0.0220. The molecule has 0 bridgehead atoms. The molecule has 1 amide bonds. The second kappa shape index (κ2) is 5.65. The first-order chi connectivity index (χ1) is 10.1. The number of rotatable bonds is 2. The number of halogens is 3. The number of nitrogens with zero attached hydrogens (tertiary/aromatic N) is 2. The van der Waals surface area contributed by atoms with E-state index in [4.69, 9.17) is 0 Å². The van der Waals surface area contributed by atoms with E-state index in [-0.39, 0.29) is 6.04 Å². The molecule has 7 heteroatoms. The largest absolute Gasteiger partial charge is 0.335 e. The van der Waals surface area contributed by atoms with Crippen LogP contribution in [0.3, 0.4) is 0 Å². The molecule has 114 valence electrons. The van der Waals surface area contributed by atoms with Crippen LogP contribution in [0.2, 0.25) is 0 Å². The molecule has 1 aromatic rings. The molecule has 21 heavy (non-hydrogen) atoms. The Bertz CT molecular complexity index is 531. The molecule has 1 N–H and O–H groups in total. The van der Waals surface area contributed by atoms with Gasteiger partial charge in [0.25, 0.3) is 5.91 Å². The quantitative estimate of drug-likeness (QED) is 0.879. The van der Waals surface area contributed by atoms with Gasteiger partial charge in [-0.3, -0.25) is 9.69 Å². The van der Waals surface area contributed by atoms with Gasteiger partial charge in [0.1, 0.15) is 23.0 Å². The lowest BCUT2D eigenvalue weighted by atomic mass is 10.0. The minimum atomic E-state index is -1.15. The van der Waals surface area contributed by atoms with E-state index < -0.39 is 28.9 Å². The summed E-state index contributed by atoms with van der Waals surface area (Å²) in [5, 5.41) is 3.24. The highest BCUT2D eigenvalue weighted by atomic mass is 19.1. The second-order valence-corrected chi connectivity index (χ2v) is 5.39. The van der Waals surface area contributed by atoms with Crippen LogP contribution in [0.25, 0.3) is 0 Å². The Morgan fingerprint density at radius 1 is 1.10 bits per heavy atom. The maximum atomic E-state index is 13.6.